The molecule has 1 aliphatic carbocycles. The number of fused-ring (bicyclic) bond motifs is 4. The molecule has 0 spiro atoms. The minimum absolute atomic E-state index is 0.0647. The molecule has 0 N–H and O–H groups in total. The first-order valence-electron chi connectivity index (χ1n) is 9.07. The zero-order chi connectivity index (χ0) is 18.6. The molecule has 1 amide bonds. The summed E-state index contributed by atoms with van der Waals surface area (Å²) in [5, 5.41) is 3.94. The molecule has 144 valence electrons. The number of hydrogen-bond acceptors (Lipinski definition) is 7. The lowest BCUT2D eigenvalue weighted by atomic mass is 10.1. The maximum Gasteiger partial charge on any atom is 0.293 e. The summed E-state index contributed by atoms with van der Waals surface area (Å²) in [7, 11) is -3.33. The van der Waals surface area contributed by atoms with Crippen LogP contribution in [0.15, 0.2) is 18.5 Å². The van der Waals surface area contributed by atoms with Gasteiger partial charge in [0, 0.05) is 37.9 Å². The Morgan fingerprint density at radius 3 is 2.81 bits per heavy atom. The Morgan fingerprint density at radius 2 is 2.04 bits per heavy atom. The molecule has 2 aromatic rings. The molecule has 2 saturated heterocycles. The number of nitrogens with zero attached hydrogens (tertiary/aromatic N) is 6. The zero-order valence-corrected chi connectivity index (χ0v) is 15.5. The summed E-state index contributed by atoms with van der Waals surface area (Å²) in [5.41, 5.74) is 0. The van der Waals surface area contributed by atoms with E-state index in [9.17, 15) is 13.2 Å². The first-order valence-corrected chi connectivity index (χ1v) is 10.6. The molecule has 2 bridgehead atoms. The van der Waals surface area contributed by atoms with Crippen LogP contribution in [0.2, 0.25) is 0 Å². The Morgan fingerprint density at radius 1 is 1.19 bits per heavy atom. The molecule has 0 radical (unpaired) electrons. The van der Waals surface area contributed by atoms with E-state index in [1.54, 1.807) is 27.7 Å². The summed E-state index contributed by atoms with van der Waals surface area (Å²) in [6.45, 7) is 1.84. The molecule has 4 heterocycles. The van der Waals surface area contributed by atoms with Crippen LogP contribution in [0.4, 0.5) is 0 Å². The van der Waals surface area contributed by atoms with Gasteiger partial charge in [-0.1, -0.05) is 0 Å². The number of sulfonamides is 1. The Hall–Kier alpha value is -2.11. The van der Waals surface area contributed by atoms with Gasteiger partial charge in [-0.05, 0) is 18.9 Å². The average molecular weight is 392 g/mol. The Balaban J connectivity index is 1.43. The quantitative estimate of drug-likeness (QED) is 0.685. The fraction of sp³-hybridized carbons (Fsp3) is 0.625. The molecule has 0 unspecified atom stereocenters. The number of amides is 1. The minimum atomic E-state index is -3.33. The van der Waals surface area contributed by atoms with E-state index in [0.29, 0.717) is 32.1 Å². The molecule has 0 aromatic carbocycles. The van der Waals surface area contributed by atoms with Crippen molar-refractivity contribution < 1.29 is 17.9 Å². The van der Waals surface area contributed by atoms with Crippen LogP contribution < -0.4 is 0 Å². The van der Waals surface area contributed by atoms with Crippen molar-refractivity contribution in [2.24, 2.45) is 5.92 Å². The second kappa shape index (κ2) is 6.21. The smallest absolute Gasteiger partial charge is 0.293 e. The summed E-state index contributed by atoms with van der Waals surface area (Å²) in [4.78, 5) is 23.0. The number of aromatic nitrogens is 4. The molecule has 10 nitrogen and oxygen atoms in total. The summed E-state index contributed by atoms with van der Waals surface area (Å²) in [6, 6.07) is 1.34. The van der Waals surface area contributed by atoms with Crippen LogP contribution in [0.3, 0.4) is 0 Å². The molecule has 1 saturated carbocycles. The van der Waals surface area contributed by atoms with E-state index in [2.05, 4.69) is 15.1 Å². The van der Waals surface area contributed by atoms with Crippen LogP contribution in [0, 0.1) is 5.92 Å². The van der Waals surface area contributed by atoms with E-state index in [0.717, 1.165) is 12.8 Å². The van der Waals surface area contributed by atoms with Crippen molar-refractivity contribution in [3.05, 3.63) is 24.3 Å². The Labute approximate surface area is 156 Å². The number of ether oxygens (including phenoxy) is 1. The van der Waals surface area contributed by atoms with Crippen molar-refractivity contribution in [2.45, 2.75) is 24.1 Å². The zero-order valence-electron chi connectivity index (χ0n) is 14.6. The van der Waals surface area contributed by atoms with Crippen molar-refractivity contribution in [3.63, 3.8) is 0 Å². The lowest BCUT2D eigenvalue weighted by molar-refractivity contribution is 0.0452. The standard InChI is InChI=1S/C16H20N6O4S/c23-15(14-18-16-17-4-1-5-21(16)19-14)20-6-11-7-22(12(8-20)10-26-9-11)27(24,25)13-2-3-13/h1,4-5,11-13H,2-3,6-10H2/t11-,12-/m0/s1. The van der Waals surface area contributed by atoms with Crippen LogP contribution in [0.25, 0.3) is 5.78 Å². The van der Waals surface area contributed by atoms with Gasteiger partial charge in [-0.25, -0.2) is 17.9 Å². The molecule has 3 fully saturated rings. The Bertz CT molecular complexity index is 955. The first-order chi connectivity index (χ1) is 13.0. The van der Waals surface area contributed by atoms with E-state index in [1.807, 2.05) is 0 Å². The molecule has 2 atom stereocenters. The van der Waals surface area contributed by atoms with Gasteiger partial charge in [-0.2, -0.15) is 9.29 Å². The second-order valence-electron chi connectivity index (χ2n) is 7.38. The van der Waals surface area contributed by atoms with Gasteiger partial charge in [0.15, 0.2) is 0 Å². The highest BCUT2D eigenvalue weighted by Gasteiger charge is 2.47. The maximum absolute atomic E-state index is 13.0. The lowest BCUT2D eigenvalue weighted by Crippen LogP contribution is -2.48. The van der Waals surface area contributed by atoms with Crippen LogP contribution in [0.5, 0.6) is 0 Å². The second-order valence-corrected chi connectivity index (χ2v) is 9.55. The van der Waals surface area contributed by atoms with Crippen LogP contribution >= 0.6 is 0 Å². The van der Waals surface area contributed by atoms with E-state index in [1.165, 1.54) is 4.52 Å². The molecule has 2 aliphatic heterocycles. The fourth-order valence-electron chi connectivity index (χ4n) is 3.80. The molecular weight excluding hydrogens is 372 g/mol. The van der Waals surface area contributed by atoms with Gasteiger partial charge in [-0.3, -0.25) is 4.79 Å². The summed E-state index contributed by atoms with van der Waals surface area (Å²) < 4.78 is 34.4. The van der Waals surface area contributed by atoms with Crippen molar-refractivity contribution in [1.82, 2.24) is 28.8 Å². The minimum Gasteiger partial charge on any atom is -0.379 e. The van der Waals surface area contributed by atoms with Crippen LogP contribution in [-0.2, 0) is 14.8 Å². The van der Waals surface area contributed by atoms with Crippen molar-refractivity contribution in [1.29, 1.82) is 0 Å². The molecule has 27 heavy (non-hydrogen) atoms. The van der Waals surface area contributed by atoms with Gasteiger partial charge < -0.3 is 9.64 Å². The van der Waals surface area contributed by atoms with Crippen LogP contribution in [0.1, 0.15) is 23.5 Å². The van der Waals surface area contributed by atoms with Gasteiger partial charge in [0.25, 0.3) is 11.7 Å². The molecule has 2 aromatic heterocycles. The average Bonchev–Trinajstić information content (AvgIpc) is 3.44. The lowest BCUT2D eigenvalue weighted by Gasteiger charge is -2.30. The highest BCUT2D eigenvalue weighted by atomic mass is 32.2. The van der Waals surface area contributed by atoms with E-state index < -0.39 is 10.0 Å². The Kier molecular flexibility index (Phi) is 3.92. The monoisotopic (exact) mass is 392 g/mol. The normalized spacial score (nSPS) is 26.9. The van der Waals surface area contributed by atoms with Gasteiger partial charge in [0.1, 0.15) is 0 Å². The van der Waals surface area contributed by atoms with E-state index >= 15 is 0 Å². The molecule has 5 rings (SSSR count). The first kappa shape index (κ1) is 17.0. The highest BCUT2D eigenvalue weighted by Crippen LogP contribution is 2.34. The molecule has 3 aliphatic rings. The van der Waals surface area contributed by atoms with Gasteiger partial charge in [-0.15, -0.1) is 5.10 Å². The third-order valence-corrected chi connectivity index (χ3v) is 7.70. The fourth-order valence-corrected chi connectivity index (χ4v) is 5.88. The predicted molar refractivity (Wildman–Crippen MR) is 93.4 cm³/mol. The van der Waals surface area contributed by atoms with Crippen molar-refractivity contribution >= 4 is 21.7 Å². The number of rotatable bonds is 3. The SMILES string of the molecule is O=C(c1nc2ncccn2n1)N1C[C@@H]2COC[C@H](C1)N(S(=O)(=O)C1CC1)C2. The highest BCUT2D eigenvalue weighted by molar-refractivity contribution is 7.90. The number of carbonyl (C=O) groups excluding carboxylic acids is 1. The summed E-state index contributed by atoms with van der Waals surface area (Å²) in [6.07, 6.45) is 4.71. The topological polar surface area (TPSA) is 110 Å². The van der Waals surface area contributed by atoms with Crippen LogP contribution in [-0.4, -0.2) is 87.3 Å². The number of hydrogen-bond donors (Lipinski definition) is 0. The van der Waals surface area contributed by atoms with Crippen molar-refractivity contribution in [3.8, 4) is 0 Å². The van der Waals surface area contributed by atoms with E-state index in [-0.39, 0.29) is 35.5 Å². The maximum atomic E-state index is 13.0. The van der Waals surface area contributed by atoms with E-state index in [4.69, 9.17) is 4.74 Å². The summed E-state index contributed by atoms with van der Waals surface area (Å²) >= 11 is 0. The van der Waals surface area contributed by atoms with Crippen molar-refractivity contribution in [2.75, 3.05) is 32.8 Å². The number of carbonyl (C=O) groups is 1. The predicted octanol–water partition coefficient (Wildman–Crippen LogP) is -0.611. The van der Waals surface area contributed by atoms with Gasteiger partial charge in [0.2, 0.25) is 15.8 Å². The molecule has 11 heteroatoms. The third-order valence-electron chi connectivity index (χ3n) is 5.29. The largest absolute Gasteiger partial charge is 0.379 e. The third kappa shape index (κ3) is 2.99. The van der Waals surface area contributed by atoms with Gasteiger partial charge in [0.05, 0.1) is 24.5 Å². The molecular formula is C16H20N6O4S. The van der Waals surface area contributed by atoms with Gasteiger partial charge >= 0.3 is 0 Å². The summed E-state index contributed by atoms with van der Waals surface area (Å²) in [5.74, 6) is 0.0662.